The van der Waals surface area contributed by atoms with Crippen LogP contribution in [-0.4, -0.2) is 4.57 Å². The quantitative estimate of drug-likeness (QED) is 0.911. The molecule has 1 aromatic carbocycles. The molecule has 84 valence electrons. The summed E-state index contributed by atoms with van der Waals surface area (Å²) in [5.41, 5.74) is 1.94. The highest BCUT2D eigenvalue weighted by Crippen LogP contribution is 2.19. The SMILES string of the molecule is Cn1cccc1CNc1ccc(Br)c(F)c1. The highest BCUT2D eigenvalue weighted by atomic mass is 79.9. The smallest absolute Gasteiger partial charge is 0.139 e. The number of aryl methyl sites for hydroxylation is 1. The standard InChI is InChI=1S/C12H12BrFN2/c1-16-6-2-3-10(16)8-15-9-4-5-11(13)12(14)7-9/h2-7,15H,8H2,1H3. The van der Waals surface area contributed by atoms with E-state index in [9.17, 15) is 4.39 Å². The monoisotopic (exact) mass is 282 g/mol. The van der Waals surface area contributed by atoms with E-state index >= 15 is 0 Å². The molecule has 0 fully saturated rings. The molecule has 0 amide bonds. The van der Waals surface area contributed by atoms with Gasteiger partial charge >= 0.3 is 0 Å². The second-order valence-corrected chi connectivity index (χ2v) is 4.45. The van der Waals surface area contributed by atoms with Gasteiger partial charge in [0.2, 0.25) is 0 Å². The lowest BCUT2D eigenvalue weighted by atomic mass is 10.3. The molecule has 0 radical (unpaired) electrons. The normalized spacial score (nSPS) is 10.4. The number of nitrogens with zero attached hydrogens (tertiary/aromatic N) is 1. The van der Waals surface area contributed by atoms with Crippen LogP contribution in [0.1, 0.15) is 5.69 Å². The van der Waals surface area contributed by atoms with E-state index in [1.165, 1.54) is 6.07 Å². The number of anilines is 1. The molecule has 16 heavy (non-hydrogen) atoms. The molecule has 2 rings (SSSR count). The Labute approximate surface area is 102 Å². The zero-order valence-corrected chi connectivity index (χ0v) is 10.5. The summed E-state index contributed by atoms with van der Waals surface area (Å²) < 4.78 is 15.7. The van der Waals surface area contributed by atoms with Gasteiger partial charge in [0.15, 0.2) is 0 Å². The van der Waals surface area contributed by atoms with Crippen LogP contribution in [0.25, 0.3) is 0 Å². The lowest BCUT2D eigenvalue weighted by molar-refractivity contribution is 0.621. The number of nitrogens with one attached hydrogen (secondary N) is 1. The van der Waals surface area contributed by atoms with E-state index in [0.717, 1.165) is 11.4 Å². The van der Waals surface area contributed by atoms with Gasteiger partial charge < -0.3 is 9.88 Å². The minimum absolute atomic E-state index is 0.253. The Morgan fingerprint density at radius 3 is 2.81 bits per heavy atom. The Bertz CT molecular complexity index is 494. The fourth-order valence-electron chi connectivity index (χ4n) is 1.48. The lowest BCUT2D eigenvalue weighted by Crippen LogP contribution is -2.04. The maximum Gasteiger partial charge on any atom is 0.139 e. The first kappa shape index (κ1) is 11.2. The minimum atomic E-state index is -0.253. The van der Waals surface area contributed by atoms with Gasteiger partial charge in [0.1, 0.15) is 5.82 Å². The van der Waals surface area contributed by atoms with Crippen molar-refractivity contribution in [1.29, 1.82) is 0 Å². The molecule has 0 aliphatic rings. The summed E-state index contributed by atoms with van der Waals surface area (Å²) in [7, 11) is 1.99. The van der Waals surface area contributed by atoms with Crippen molar-refractivity contribution in [3.05, 3.63) is 52.5 Å². The molecule has 1 N–H and O–H groups in total. The van der Waals surface area contributed by atoms with Gasteiger partial charge in [-0.15, -0.1) is 0 Å². The molecule has 2 nitrogen and oxygen atoms in total. The molecule has 1 aromatic heterocycles. The number of hydrogen-bond acceptors (Lipinski definition) is 1. The predicted octanol–water partition coefficient (Wildman–Crippen LogP) is 3.54. The van der Waals surface area contributed by atoms with Gasteiger partial charge in [-0.2, -0.15) is 0 Å². The maximum absolute atomic E-state index is 13.2. The van der Waals surface area contributed by atoms with Gasteiger partial charge in [0.25, 0.3) is 0 Å². The van der Waals surface area contributed by atoms with Crippen LogP contribution in [0.3, 0.4) is 0 Å². The first-order valence-electron chi connectivity index (χ1n) is 4.96. The summed E-state index contributed by atoms with van der Waals surface area (Å²) in [6.07, 6.45) is 1.99. The van der Waals surface area contributed by atoms with E-state index in [1.807, 2.05) is 36.0 Å². The van der Waals surface area contributed by atoms with Gasteiger partial charge in [-0.25, -0.2) is 4.39 Å². The van der Waals surface area contributed by atoms with Crippen LogP contribution in [0.15, 0.2) is 41.0 Å². The molecule has 0 aliphatic carbocycles. The molecule has 0 aliphatic heterocycles. The zero-order valence-electron chi connectivity index (χ0n) is 8.87. The van der Waals surface area contributed by atoms with Crippen molar-refractivity contribution >= 4 is 21.6 Å². The van der Waals surface area contributed by atoms with Crippen LogP contribution in [0.5, 0.6) is 0 Å². The highest BCUT2D eigenvalue weighted by molar-refractivity contribution is 9.10. The number of halogens is 2. The van der Waals surface area contributed by atoms with Crippen molar-refractivity contribution in [2.45, 2.75) is 6.54 Å². The minimum Gasteiger partial charge on any atom is -0.379 e. The van der Waals surface area contributed by atoms with E-state index < -0.39 is 0 Å². The third-order valence-corrected chi connectivity index (χ3v) is 3.09. The van der Waals surface area contributed by atoms with Gasteiger partial charge in [-0.3, -0.25) is 0 Å². The largest absolute Gasteiger partial charge is 0.379 e. The number of rotatable bonds is 3. The van der Waals surface area contributed by atoms with E-state index in [0.29, 0.717) is 11.0 Å². The lowest BCUT2D eigenvalue weighted by Gasteiger charge is -2.08. The van der Waals surface area contributed by atoms with Crippen molar-refractivity contribution in [2.24, 2.45) is 7.05 Å². The Balaban J connectivity index is 2.05. The second kappa shape index (κ2) is 4.70. The fourth-order valence-corrected chi connectivity index (χ4v) is 1.73. The van der Waals surface area contributed by atoms with E-state index in [1.54, 1.807) is 6.07 Å². The van der Waals surface area contributed by atoms with Gasteiger partial charge in [-0.05, 0) is 46.3 Å². The summed E-state index contributed by atoms with van der Waals surface area (Å²) in [6, 6.07) is 9.03. The highest BCUT2D eigenvalue weighted by Gasteiger charge is 2.01. The van der Waals surface area contributed by atoms with Crippen LogP contribution in [0, 0.1) is 5.82 Å². The van der Waals surface area contributed by atoms with Gasteiger partial charge in [0.05, 0.1) is 11.0 Å². The average molecular weight is 283 g/mol. The predicted molar refractivity (Wildman–Crippen MR) is 66.8 cm³/mol. The molecule has 0 spiro atoms. The van der Waals surface area contributed by atoms with Crippen molar-refractivity contribution in [1.82, 2.24) is 4.57 Å². The van der Waals surface area contributed by atoms with Crippen LogP contribution >= 0.6 is 15.9 Å². The van der Waals surface area contributed by atoms with E-state index in [4.69, 9.17) is 0 Å². The van der Waals surface area contributed by atoms with Crippen molar-refractivity contribution in [2.75, 3.05) is 5.32 Å². The Morgan fingerprint density at radius 1 is 1.38 bits per heavy atom. The number of hydrogen-bond donors (Lipinski definition) is 1. The summed E-state index contributed by atoms with van der Waals surface area (Å²) in [5, 5.41) is 3.17. The summed E-state index contributed by atoms with van der Waals surface area (Å²) >= 11 is 3.12. The molecule has 0 unspecified atom stereocenters. The molecule has 1 heterocycles. The Hall–Kier alpha value is -1.29. The molecule has 2 aromatic rings. The van der Waals surface area contributed by atoms with Crippen molar-refractivity contribution < 1.29 is 4.39 Å². The number of aromatic nitrogens is 1. The molecule has 0 bridgehead atoms. The average Bonchev–Trinajstić information content (AvgIpc) is 2.66. The summed E-state index contributed by atoms with van der Waals surface area (Å²) in [4.78, 5) is 0. The van der Waals surface area contributed by atoms with E-state index in [-0.39, 0.29) is 5.82 Å². The van der Waals surface area contributed by atoms with E-state index in [2.05, 4.69) is 21.2 Å². The summed E-state index contributed by atoms with van der Waals surface area (Å²) in [5.74, 6) is -0.253. The van der Waals surface area contributed by atoms with Crippen LogP contribution < -0.4 is 5.32 Å². The Morgan fingerprint density at radius 2 is 2.19 bits per heavy atom. The van der Waals surface area contributed by atoms with Crippen LogP contribution in [-0.2, 0) is 13.6 Å². The molecular weight excluding hydrogens is 271 g/mol. The third kappa shape index (κ3) is 2.44. The van der Waals surface area contributed by atoms with Crippen LogP contribution in [0.2, 0.25) is 0 Å². The molecule has 0 saturated heterocycles. The molecular formula is C12H12BrFN2. The van der Waals surface area contributed by atoms with Gasteiger partial charge in [0, 0.05) is 24.6 Å². The summed E-state index contributed by atoms with van der Waals surface area (Å²) in [6.45, 7) is 0.685. The second-order valence-electron chi connectivity index (χ2n) is 3.59. The Kier molecular flexibility index (Phi) is 3.29. The molecule has 0 atom stereocenters. The first-order valence-corrected chi connectivity index (χ1v) is 5.75. The maximum atomic E-state index is 13.2. The topological polar surface area (TPSA) is 17.0 Å². The van der Waals surface area contributed by atoms with Crippen LogP contribution in [0.4, 0.5) is 10.1 Å². The number of benzene rings is 1. The molecule has 4 heteroatoms. The van der Waals surface area contributed by atoms with Crippen molar-refractivity contribution in [3.63, 3.8) is 0 Å². The van der Waals surface area contributed by atoms with Gasteiger partial charge in [-0.1, -0.05) is 0 Å². The third-order valence-electron chi connectivity index (χ3n) is 2.44. The molecule has 0 saturated carbocycles. The van der Waals surface area contributed by atoms with Crippen molar-refractivity contribution in [3.8, 4) is 0 Å². The zero-order chi connectivity index (χ0) is 11.5. The fraction of sp³-hybridized carbons (Fsp3) is 0.167. The first-order chi connectivity index (χ1) is 7.66.